The van der Waals surface area contributed by atoms with Crippen LogP contribution in [0.5, 0.6) is 0 Å². The van der Waals surface area contributed by atoms with Crippen molar-refractivity contribution < 1.29 is 9.32 Å². The highest BCUT2D eigenvalue weighted by atomic mass is 32.2. The first-order valence-electron chi connectivity index (χ1n) is 6.94. The summed E-state index contributed by atoms with van der Waals surface area (Å²) in [4.78, 5) is 19.0. The van der Waals surface area contributed by atoms with E-state index in [4.69, 9.17) is 4.52 Å². The summed E-state index contributed by atoms with van der Waals surface area (Å²) in [6, 6.07) is 5.53. The number of carbonyl (C=O) groups is 1. The third-order valence-corrected chi connectivity index (χ3v) is 4.40. The van der Waals surface area contributed by atoms with E-state index in [1.54, 1.807) is 12.3 Å². The Morgan fingerprint density at radius 2 is 2.38 bits per heavy atom. The van der Waals surface area contributed by atoms with E-state index in [1.165, 1.54) is 11.8 Å². The van der Waals surface area contributed by atoms with Gasteiger partial charge in [0.05, 0.1) is 17.3 Å². The van der Waals surface area contributed by atoms with E-state index in [0.29, 0.717) is 5.56 Å². The van der Waals surface area contributed by atoms with Crippen molar-refractivity contribution in [3.05, 3.63) is 41.4 Å². The zero-order valence-corrected chi connectivity index (χ0v) is 12.9. The van der Waals surface area contributed by atoms with Crippen molar-refractivity contribution in [2.24, 2.45) is 0 Å². The van der Waals surface area contributed by atoms with Crippen molar-refractivity contribution in [1.82, 2.24) is 15.0 Å². The number of rotatable bonds is 3. The highest BCUT2D eigenvalue weighted by molar-refractivity contribution is 7.98. The normalized spacial score (nSPS) is 18.2. The molecule has 1 atom stereocenters. The highest BCUT2D eigenvalue weighted by Crippen LogP contribution is 2.34. The zero-order chi connectivity index (χ0) is 14.8. The molecule has 1 aliphatic rings. The molecule has 1 aliphatic heterocycles. The van der Waals surface area contributed by atoms with Gasteiger partial charge in [0, 0.05) is 18.8 Å². The lowest BCUT2D eigenvalue weighted by Crippen LogP contribution is -2.30. The third-order valence-electron chi connectivity index (χ3n) is 3.68. The second kappa shape index (κ2) is 5.89. The van der Waals surface area contributed by atoms with Crippen molar-refractivity contribution in [2.45, 2.75) is 30.8 Å². The zero-order valence-electron chi connectivity index (χ0n) is 12.1. The van der Waals surface area contributed by atoms with Gasteiger partial charge < -0.3 is 9.42 Å². The van der Waals surface area contributed by atoms with Crippen LogP contribution < -0.4 is 0 Å². The molecule has 6 heteroatoms. The van der Waals surface area contributed by atoms with Gasteiger partial charge in [-0.2, -0.15) is 0 Å². The van der Waals surface area contributed by atoms with Crippen molar-refractivity contribution >= 4 is 17.7 Å². The van der Waals surface area contributed by atoms with Crippen LogP contribution in [0.4, 0.5) is 0 Å². The van der Waals surface area contributed by atoms with Gasteiger partial charge in [-0.15, -0.1) is 11.8 Å². The molecule has 3 heterocycles. The summed E-state index contributed by atoms with van der Waals surface area (Å²) in [7, 11) is 0. The third kappa shape index (κ3) is 2.68. The van der Waals surface area contributed by atoms with Crippen LogP contribution in [0.2, 0.25) is 0 Å². The fourth-order valence-electron chi connectivity index (χ4n) is 2.72. The van der Waals surface area contributed by atoms with Crippen molar-refractivity contribution in [3.63, 3.8) is 0 Å². The lowest BCUT2D eigenvalue weighted by molar-refractivity contribution is 0.0710. The Balaban J connectivity index is 1.89. The molecule has 0 aliphatic carbocycles. The summed E-state index contributed by atoms with van der Waals surface area (Å²) in [5.74, 6) is 0.789. The van der Waals surface area contributed by atoms with E-state index in [2.05, 4.69) is 10.1 Å². The molecule has 0 bridgehead atoms. The number of hydrogen-bond acceptors (Lipinski definition) is 5. The lowest BCUT2D eigenvalue weighted by atomic mass is 10.1. The molecule has 3 rings (SSSR count). The minimum Gasteiger partial charge on any atom is -0.359 e. The predicted octanol–water partition coefficient (Wildman–Crippen LogP) is 3.08. The first-order chi connectivity index (χ1) is 10.2. The molecule has 0 radical (unpaired) electrons. The molecular weight excluding hydrogens is 286 g/mol. The van der Waals surface area contributed by atoms with Crippen LogP contribution in [-0.2, 0) is 0 Å². The van der Waals surface area contributed by atoms with Gasteiger partial charge in [0.2, 0.25) is 0 Å². The second-order valence-electron chi connectivity index (χ2n) is 5.09. The fourth-order valence-corrected chi connectivity index (χ4v) is 3.26. The lowest BCUT2D eigenvalue weighted by Gasteiger charge is -2.23. The van der Waals surface area contributed by atoms with E-state index in [1.807, 2.05) is 30.2 Å². The van der Waals surface area contributed by atoms with E-state index >= 15 is 0 Å². The Kier molecular flexibility index (Phi) is 3.96. The maximum absolute atomic E-state index is 12.8. The molecule has 0 unspecified atom stereocenters. The number of thioether (sulfide) groups is 1. The topological polar surface area (TPSA) is 59.2 Å². The van der Waals surface area contributed by atoms with Crippen LogP contribution in [0.1, 0.15) is 40.7 Å². The molecule has 1 fully saturated rings. The Hall–Kier alpha value is -1.82. The van der Waals surface area contributed by atoms with Gasteiger partial charge >= 0.3 is 0 Å². The molecule has 0 aromatic carbocycles. The van der Waals surface area contributed by atoms with Crippen LogP contribution >= 0.6 is 11.8 Å². The van der Waals surface area contributed by atoms with Crippen molar-refractivity contribution in [1.29, 1.82) is 0 Å². The number of nitrogens with zero attached hydrogens (tertiary/aromatic N) is 3. The van der Waals surface area contributed by atoms with Crippen molar-refractivity contribution in [3.8, 4) is 0 Å². The van der Waals surface area contributed by atoms with Crippen LogP contribution in [0.15, 0.2) is 33.9 Å². The molecule has 5 nitrogen and oxygen atoms in total. The standard InChI is InChI=1S/C15H17N3O2S/c1-10-9-13(20-17-10)12-6-4-8-18(12)15(19)11-5-3-7-16-14(11)21-2/h3,5,7,9,12H,4,6,8H2,1-2H3/t12-/m1/s1. The summed E-state index contributed by atoms with van der Waals surface area (Å²) >= 11 is 1.49. The van der Waals surface area contributed by atoms with Gasteiger partial charge in [0.1, 0.15) is 5.03 Å². The van der Waals surface area contributed by atoms with Crippen molar-refractivity contribution in [2.75, 3.05) is 12.8 Å². The summed E-state index contributed by atoms with van der Waals surface area (Å²) in [6.45, 7) is 2.63. The van der Waals surface area contributed by atoms with Gasteiger partial charge in [-0.3, -0.25) is 4.79 Å². The van der Waals surface area contributed by atoms with Gasteiger partial charge in [0.15, 0.2) is 5.76 Å². The van der Waals surface area contributed by atoms with Crippen LogP contribution in [0, 0.1) is 6.92 Å². The van der Waals surface area contributed by atoms with Crippen LogP contribution in [0.25, 0.3) is 0 Å². The molecule has 0 N–H and O–H groups in total. The highest BCUT2D eigenvalue weighted by Gasteiger charge is 2.34. The molecular formula is C15H17N3O2S. The van der Waals surface area contributed by atoms with E-state index in [-0.39, 0.29) is 11.9 Å². The molecule has 1 saturated heterocycles. The van der Waals surface area contributed by atoms with Gasteiger partial charge in [-0.25, -0.2) is 4.98 Å². The largest absolute Gasteiger partial charge is 0.359 e. The Bertz CT molecular complexity index is 656. The Labute approximate surface area is 127 Å². The van der Waals surface area contributed by atoms with Crippen LogP contribution in [0.3, 0.4) is 0 Å². The quantitative estimate of drug-likeness (QED) is 0.816. The number of aromatic nitrogens is 2. The number of pyridine rings is 1. The number of aryl methyl sites for hydroxylation is 1. The van der Waals surface area contributed by atoms with E-state index in [0.717, 1.165) is 35.9 Å². The minimum atomic E-state index is -0.0198. The first-order valence-corrected chi connectivity index (χ1v) is 8.16. The summed E-state index contributed by atoms with van der Waals surface area (Å²) in [6.07, 6.45) is 5.53. The molecule has 0 saturated carbocycles. The minimum absolute atomic E-state index is 0.0176. The average Bonchev–Trinajstić information content (AvgIpc) is 3.14. The maximum Gasteiger partial charge on any atom is 0.257 e. The number of hydrogen-bond donors (Lipinski definition) is 0. The molecule has 2 aromatic rings. The van der Waals surface area contributed by atoms with E-state index < -0.39 is 0 Å². The summed E-state index contributed by atoms with van der Waals surface area (Å²) < 4.78 is 5.36. The molecule has 1 amide bonds. The molecule has 110 valence electrons. The Morgan fingerprint density at radius 1 is 1.52 bits per heavy atom. The second-order valence-corrected chi connectivity index (χ2v) is 5.88. The van der Waals surface area contributed by atoms with Gasteiger partial charge in [-0.05, 0) is 38.2 Å². The molecule has 21 heavy (non-hydrogen) atoms. The van der Waals surface area contributed by atoms with E-state index in [9.17, 15) is 4.79 Å². The summed E-state index contributed by atoms with van der Waals surface area (Å²) in [5.41, 5.74) is 1.50. The molecule has 0 spiro atoms. The predicted molar refractivity (Wildman–Crippen MR) is 80.3 cm³/mol. The SMILES string of the molecule is CSc1ncccc1C(=O)N1CCC[C@@H]1c1cc(C)no1. The Morgan fingerprint density at radius 3 is 3.10 bits per heavy atom. The van der Waals surface area contributed by atoms with Crippen LogP contribution in [-0.4, -0.2) is 33.7 Å². The average molecular weight is 303 g/mol. The fraction of sp³-hybridized carbons (Fsp3) is 0.400. The number of amides is 1. The summed E-state index contributed by atoms with van der Waals surface area (Å²) in [5, 5.41) is 4.70. The monoisotopic (exact) mass is 303 g/mol. The maximum atomic E-state index is 12.8. The molecule has 2 aromatic heterocycles. The number of carbonyl (C=O) groups excluding carboxylic acids is 1. The van der Waals surface area contributed by atoms with Gasteiger partial charge in [-0.1, -0.05) is 5.16 Å². The number of likely N-dealkylation sites (tertiary alicyclic amines) is 1. The first kappa shape index (κ1) is 14.1. The smallest absolute Gasteiger partial charge is 0.257 e. The van der Waals surface area contributed by atoms with Gasteiger partial charge in [0.25, 0.3) is 5.91 Å².